The van der Waals surface area contributed by atoms with Gasteiger partial charge in [-0.15, -0.1) is 5.10 Å². The molecule has 3 nitrogen and oxygen atoms in total. The summed E-state index contributed by atoms with van der Waals surface area (Å²) in [5.41, 5.74) is 0.989. The minimum absolute atomic E-state index is 0.598. The molecule has 0 atom stereocenters. The first kappa shape index (κ1) is 10.7. The summed E-state index contributed by atoms with van der Waals surface area (Å²) in [6.07, 6.45) is 2.05. The molecule has 1 heterocycles. The molecule has 0 aliphatic carbocycles. The fourth-order valence-corrected chi connectivity index (χ4v) is 1.88. The van der Waals surface area contributed by atoms with Crippen LogP contribution >= 0.6 is 21.6 Å². The number of rotatable bonds is 5. The predicted octanol–water partition coefficient (Wildman–Crippen LogP) is 2.39. The van der Waals surface area contributed by atoms with Crippen molar-refractivity contribution in [3.05, 3.63) is 17.8 Å². The van der Waals surface area contributed by atoms with E-state index in [9.17, 15) is 0 Å². The summed E-state index contributed by atoms with van der Waals surface area (Å²) in [4.78, 5) is 0. The fourth-order valence-electron chi connectivity index (χ4n) is 0.769. The first-order valence-electron chi connectivity index (χ1n) is 3.97. The maximum absolute atomic E-state index is 5.18. The number of ether oxygens (including phenoxy) is 1. The SMILES string of the molecule is CCOc1ccc(CSSC)nn1. The van der Waals surface area contributed by atoms with Gasteiger partial charge in [0.15, 0.2) is 0 Å². The fraction of sp³-hybridized carbons (Fsp3) is 0.500. The van der Waals surface area contributed by atoms with Crippen molar-refractivity contribution in [2.45, 2.75) is 12.7 Å². The van der Waals surface area contributed by atoms with Gasteiger partial charge >= 0.3 is 0 Å². The molecule has 13 heavy (non-hydrogen) atoms. The number of hydrogen-bond donors (Lipinski definition) is 0. The standard InChI is InChI=1S/C8H12N2OS2/c1-3-11-8-5-4-7(9-10-8)6-13-12-2/h4-5H,3,6H2,1-2H3. The third-order valence-electron chi connectivity index (χ3n) is 1.31. The van der Waals surface area contributed by atoms with Crippen molar-refractivity contribution in [3.8, 4) is 5.88 Å². The summed E-state index contributed by atoms with van der Waals surface area (Å²) < 4.78 is 5.18. The molecule has 0 aliphatic heterocycles. The average molecular weight is 216 g/mol. The van der Waals surface area contributed by atoms with Gasteiger partial charge in [0.2, 0.25) is 5.88 Å². The monoisotopic (exact) mass is 216 g/mol. The number of aromatic nitrogens is 2. The molecule has 0 spiro atoms. The summed E-state index contributed by atoms with van der Waals surface area (Å²) in [5, 5.41) is 7.95. The van der Waals surface area contributed by atoms with Crippen molar-refractivity contribution >= 4 is 21.6 Å². The van der Waals surface area contributed by atoms with Gasteiger partial charge in [-0.3, -0.25) is 0 Å². The van der Waals surface area contributed by atoms with Crippen LogP contribution in [0.25, 0.3) is 0 Å². The van der Waals surface area contributed by atoms with Crippen LogP contribution in [0.4, 0.5) is 0 Å². The molecule has 0 N–H and O–H groups in total. The quantitative estimate of drug-likeness (QED) is 0.706. The average Bonchev–Trinajstić information content (AvgIpc) is 2.17. The van der Waals surface area contributed by atoms with Crippen molar-refractivity contribution in [1.82, 2.24) is 10.2 Å². The Morgan fingerprint density at radius 1 is 1.38 bits per heavy atom. The highest BCUT2D eigenvalue weighted by molar-refractivity contribution is 8.76. The Morgan fingerprint density at radius 3 is 2.77 bits per heavy atom. The van der Waals surface area contributed by atoms with E-state index in [1.54, 1.807) is 21.6 Å². The van der Waals surface area contributed by atoms with E-state index >= 15 is 0 Å². The Balaban J connectivity index is 2.48. The molecule has 0 saturated carbocycles. The first-order valence-corrected chi connectivity index (χ1v) is 6.70. The molecule has 1 aromatic rings. The van der Waals surface area contributed by atoms with Crippen molar-refractivity contribution in [2.24, 2.45) is 0 Å². The zero-order valence-electron chi connectivity index (χ0n) is 7.69. The highest BCUT2D eigenvalue weighted by Gasteiger charge is 1.97. The highest BCUT2D eigenvalue weighted by Crippen LogP contribution is 2.21. The Hall–Kier alpha value is -0.420. The highest BCUT2D eigenvalue weighted by atomic mass is 33.1. The van der Waals surface area contributed by atoms with Crippen LogP contribution in [0.2, 0.25) is 0 Å². The molecule has 1 aromatic heterocycles. The lowest BCUT2D eigenvalue weighted by molar-refractivity contribution is 0.322. The van der Waals surface area contributed by atoms with Crippen LogP contribution in [-0.4, -0.2) is 23.1 Å². The van der Waals surface area contributed by atoms with Gasteiger partial charge in [0.25, 0.3) is 0 Å². The summed E-state index contributed by atoms with van der Waals surface area (Å²) in [6, 6.07) is 3.80. The molecule has 5 heteroatoms. The van der Waals surface area contributed by atoms with Gasteiger partial charge in [0.1, 0.15) is 0 Å². The van der Waals surface area contributed by atoms with Crippen LogP contribution < -0.4 is 4.74 Å². The topological polar surface area (TPSA) is 35.0 Å². The Bertz CT molecular complexity index is 240. The van der Waals surface area contributed by atoms with Crippen molar-refractivity contribution < 1.29 is 4.74 Å². The van der Waals surface area contributed by atoms with Gasteiger partial charge in [-0.05, 0) is 19.2 Å². The van der Waals surface area contributed by atoms with E-state index in [1.165, 1.54) is 0 Å². The summed E-state index contributed by atoms with van der Waals surface area (Å²) in [5.74, 6) is 1.49. The van der Waals surface area contributed by atoms with Crippen molar-refractivity contribution in [3.63, 3.8) is 0 Å². The molecule has 0 unspecified atom stereocenters. The van der Waals surface area contributed by atoms with Gasteiger partial charge in [-0.25, -0.2) is 0 Å². The van der Waals surface area contributed by atoms with Gasteiger partial charge in [-0.2, -0.15) is 5.10 Å². The second-order valence-corrected chi connectivity index (χ2v) is 4.79. The molecule has 0 radical (unpaired) electrons. The second kappa shape index (κ2) is 6.10. The maximum Gasteiger partial charge on any atom is 0.233 e. The molecule has 72 valence electrons. The third kappa shape index (κ3) is 3.87. The molecular weight excluding hydrogens is 204 g/mol. The van der Waals surface area contributed by atoms with Crippen molar-refractivity contribution in [2.75, 3.05) is 12.9 Å². The molecule has 0 fully saturated rings. The van der Waals surface area contributed by atoms with Crippen LogP contribution in [0.1, 0.15) is 12.6 Å². The van der Waals surface area contributed by atoms with Gasteiger partial charge in [0, 0.05) is 11.8 Å². The second-order valence-electron chi connectivity index (χ2n) is 2.22. The predicted molar refractivity (Wildman–Crippen MR) is 58.0 cm³/mol. The third-order valence-corrected chi connectivity index (χ3v) is 3.02. The maximum atomic E-state index is 5.18. The van der Waals surface area contributed by atoms with Crippen LogP contribution in [0.5, 0.6) is 5.88 Å². The molecule has 0 saturated heterocycles. The summed E-state index contributed by atoms with van der Waals surface area (Å²) in [6.45, 7) is 2.56. The van der Waals surface area contributed by atoms with Crippen LogP contribution in [-0.2, 0) is 5.75 Å². The largest absolute Gasteiger partial charge is 0.477 e. The Kier molecular flexibility index (Phi) is 5.00. The van der Waals surface area contributed by atoms with E-state index in [-0.39, 0.29) is 0 Å². The first-order chi connectivity index (χ1) is 6.36. The van der Waals surface area contributed by atoms with Crippen LogP contribution in [0.15, 0.2) is 12.1 Å². The van der Waals surface area contributed by atoms with Crippen LogP contribution in [0.3, 0.4) is 0 Å². The van der Waals surface area contributed by atoms with E-state index < -0.39 is 0 Å². The molecule has 0 aliphatic rings. The van der Waals surface area contributed by atoms with Crippen LogP contribution in [0, 0.1) is 0 Å². The van der Waals surface area contributed by atoms with Crippen molar-refractivity contribution in [1.29, 1.82) is 0 Å². The molecular formula is C8H12N2OS2. The molecule has 1 rings (SSSR count). The zero-order valence-corrected chi connectivity index (χ0v) is 9.32. The van der Waals surface area contributed by atoms with Gasteiger partial charge < -0.3 is 4.74 Å². The normalized spacial score (nSPS) is 10.0. The smallest absolute Gasteiger partial charge is 0.233 e. The Morgan fingerprint density at radius 2 is 2.23 bits per heavy atom. The lowest BCUT2D eigenvalue weighted by atomic mass is 10.4. The van der Waals surface area contributed by atoms with E-state index in [0.717, 1.165) is 11.4 Å². The van der Waals surface area contributed by atoms with Gasteiger partial charge in [-0.1, -0.05) is 21.6 Å². The zero-order chi connectivity index (χ0) is 9.52. The lowest BCUT2D eigenvalue weighted by Gasteiger charge is -2.01. The van der Waals surface area contributed by atoms with E-state index in [1.807, 2.05) is 25.3 Å². The van der Waals surface area contributed by atoms with Gasteiger partial charge in [0.05, 0.1) is 12.3 Å². The minimum atomic E-state index is 0.598. The number of nitrogens with zero attached hydrogens (tertiary/aromatic N) is 2. The summed E-state index contributed by atoms with van der Waals surface area (Å²) in [7, 11) is 3.48. The van der Waals surface area contributed by atoms with E-state index in [2.05, 4.69) is 10.2 Å². The molecule has 0 bridgehead atoms. The van der Waals surface area contributed by atoms with E-state index in [4.69, 9.17) is 4.74 Å². The summed E-state index contributed by atoms with van der Waals surface area (Å²) >= 11 is 0. The molecule has 0 amide bonds. The minimum Gasteiger partial charge on any atom is -0.477 e. The Labute approximate surface area is 86.1 Å². The molecule has 0 aromatic carbocycles. The number of hydrogen-bond acceptors (Lipinski definition) is 5. The van der Waals surface area contributed by atoms with E-state index in [0.29, 0.717) is 12.5 Å². The lowest BCUT2D eigenvalue weighted by Crippen LogP contribution is -1.97.